The Balaban J connectivity index is 1.87. The molecule has 5 heteroatoms. The minimum Gasteiger partial charge on any atom is -0.494 e. The maximum absolute atomic E-state index is 12.3. The molecule has 0 aliphatic rings. The minimum absolute atomic E-state index is 0.135. The maximum atomic E-state index is 12.3. The summed E-state index contributed by atoms with van der Waals surface area (Å²) in [5, 5.41) is 11.6. The number of unbranched alkanes of at least 4 members (excludes halogenated alkanes) is 3. The number of carbonyl (C=O) groups excluding carboxylic acids is 1. The lowest BCUT2D eigenvalue weighted by Gasteiger charge is -2.10. The predicted octanol–water partition coefficient (Wildman–Crippen LogP) is 4.74. The molecule has 0 aliphatic heterocycles. The van der Waals surface area contributed by atoms with E-state index in [-0.39, 0.29) is 11.5 Å². The van der Waals surface area contributed by atoms with Gasteiger partial charge in [0.25, 0.3) is 5.91 Å². The number of carboxylic acids is 1. The fraction of sp³-hybridized carbons (Fsp3) is 0.273. The number of carbonyl (C=O) groups is 2. The molecule has 142 valence electrons. The van der Waals surface area contributed by atoms with Crippen LogP contribution in [0, 0.1) is 0 Å². The summed E-state index contributed by atoms with van der Waals surface area (Å²) in [5.41, 5.74) is 1.75. The SMILES string of the molecule is C=C(NC(=O)c1ccc(C(=O)O)cc1)c1ccc(OCCCCCC)cc1. The van der Waals surface area contributed by atoms with E-state index in [2.05, 4.69) is 18.8 Å². The van der Waals surface area contributed by atoms with Gasteiger partial charge in [-0.15, -0.1) is 0 Å². The molecule has 0 aromatic heterocycles. The van der Waals surface area contributed by atoms with E-state index in [0.717, 1.165) is 17.7 Å². The molecular formula is C22H25NO4. The van der Waals surface area contributed by atoms with Gasteiger partial charge in [-0.3, -0.25) is 4.79 Å². The summed E-state index contributed by atoms with van der Waals surface area (Å²) in [6.45, 7) is 6.77. The summed E-state index contributed by atoms with van der Waals surface area (Å²) < 4.78 is 5.70. The molecule has 2 aromatic rings. The number of benzene rings is 2. The van der Waals surface area contributed by atoms with Crippen molar-refractivity contribution >= 4 is 17.6 Å². The Morgan fingerprint density at radius 1 is 0.926 bits per heavy atom. The Labute approximate surface area is 159 Å². The van der Waals surface area contributed by atoms with Gasteiger partial charge >= 0.3 is 5.97 Å². The molecular weight excluding hydrogens is 342 g/mol. The third-order valence-electron chi connectivity index (χ3n) is 4.13. The van der Waals surface area contributed by atoms with Crippen molar-refractivity contribution in [2.75, 3.05) is 6.61 Å². The van der Waals surface area contributed by atoms with Crippen LogP contribution in [0.1, 0.15) is 58.9 Å². The molecule has 0 aliphatic carbocycles. The molecule has 0 atom stereocenters. The smallest absolute Gasteiger partial charge is 0.335 e. The Morgan fingerprint density at radius 2 is 1.52 bits per heavy atom. The molecule has 2 aromatic carbocycles. The molecule has 0 unspecified atom stereocenters. The molecule has 0 bridgehead atoms. The van der Waals surface area contributed by atoms with Crippen molar-refractivity contribution in [2.45, 2.75) is 32.6 Å². The second-order valence-corrected chi connectivity index (χ2v) is 6.25. The molecule has 27 heavy (non-hydrogen) atoms. The molecule has 2 rings (SSSR count). The van der Waals surface area contributed by atoms with Crippen LogP contribution in [0.3, 0.4) is 0 Å². The second-order valence-electron chi connectivity index (χ2n) is 6.25. The summed E-state index contributed by atoms with van der Waals surface area (Å²) in [5.74, 6) is -0.578. The van der Waals surface area contributed by atoms with Gasteiger partial charge in [0.2, 0.25) is 0 Å². The average Bonchev–Trinajstić information content (AvgIpc) is 2.68. The molecule has 0 spiro atoms. The predicted molar refractivity (Wildman–Crippen MR) is 106 cm³/mol. The Hall–Kier alpha value is -3.08. The lowest BCUT2D eigenvalue weighted by Crippen LogP contribution is -2.21. The first-order valence-electron chi connectivity index (χ1n) is 9.08. The van der Waals surface area contributed by atoms with Gasteiger partial charge in [0.1, 0.15) is 5.75 Å². The number of amides is 1. The highest BCUT2D eigenvalue weighted by Crippen LogP contribution is 2.17. The minimum atomic E-state index is -1.03. The lowest BCUT2D eigenvalue weighted by molar-refractivity contribution is 0.0696. The lowest BCUT2D eigenvalue weighted by atomic mass is 10.1. The molecule has 0 fully saturated rings. The van der Waals surface area contributed by atoms with E-state index < -0.39 is 5.97 Å². The molecule has 0 saturated carbocycles. The van der Waals surface area contributed by atoms with Gasteiger partial charge in [-0.25, -0.2) is 4.79 Å². The van der Waals surface area contributed by atoms with Crippen LogP contribution in [-0.4, -0.2) is 23.6 Å². The molecule has 0 heterocycles. The van der Waals surface area contributed by atoms with Crippen molar-refractivity contribution in [3.8, 4) is 5.75 Å². The van der Waals surface area contributed by atoms with Crippen LogP contribution in [-0.2, 0) is 0 Å². The normalized spacial score (nSPS) is 10.3. The van der Waals surface area contributed by atoms with Crippen molar-refractivity contribution < 1.29 is 19.4 Å². The Bertz CT molecular complexity index is 779. The van der Waals surface area contributed by atoms with Gasteiger partial charge < -0.3 is 15.2 Å². The van der Waals surface area contributed by atoms with Gasteiger partial charge in [0.05, 0.1) is 12.2 Å². The third kappa shape index (κ3) is 6.29. The van der Waals surface area contributed by atoms with Crippen LogP contribution in [0.15, 0.2) is 55.1 Å². The van der Waals surface area contributed by atoms with E-state index in [1.165, 1.54) is 43.5 Å². The van der Waals surface area contributed by atoms with E-state index in [1.807, 2.05) is 24.3 Å². The number of nitrogens with one attached hydrogen (secondary N) is 1. The molecule has 2 N–H and O–H groups in total. The van der Waals surface area contributed by atoms with Crippen molar-refractivity contribution in [3.05, 3.63) is 71.8 Å². The highest BCUT2D eigenvalue weighted by molar-refractivity contribution is 6.00. The van der Waals surface area contributed by atoms with E-state index >= 15 is 0 Å². The van der Waals surface area contributed by atoms with Gasteiger partial charge in [-0.1, -0.05) is 32.8 Å². The third-order valence-corrected chi connectivity index (χ3v) is 4.13. The number of rotatable bonds is 10. The average molecular weight is 367 g/mol. The standard InChI is InChI=1S/C22H25NO4/c1-3-4-5-6-15-27-20-13-11-17(12-14-20)16(2)23-21(24)18-7-9-19(10-8-18)22(25)26/h7-14H,2-6,15H2,1H3,(H,23,24)(H,25,26). The summed E-state index contributed by atoms with van der Waals surface area (Å²) >= 11 is 0. The maximum Gasteiger partial charge on any atom is 0.335 e. The number of aromatic carboxylic acids is 1. The zero-order valence-corrected chi connectivity index (χ0v) is 15.5. The van der Waals surface area contributed by atoms with Crippen LogP contribution in [0.2, 0.25) is 0 Å². The van der Waals surface area contributed by atoms with Crippen LogP contribution >= 0.6 is 0 Å². The van der Waals surface area contributed by atoms with Gasteiger partial charge in [-0.05, 0) is 60.5 Å². The summed E-state index contributed by atoms with van der Waals surface area (Å²) in [7, 11) is 0. The van der Waals surface area contributed by atoms with Crippen molar-refractivity contribution in [3.63, 3.8) is 0 Å². The van der Waals surface area contributed by atoms with Crippen LogP contribution < -0.4 is 10.1 Å². The monoisotopic (exact) mass is 367 g/mol. The van der Waals surface area contributed by atoms with Crippen LogP contribution in [0.25, 0.3) is 5.70 Å². The van der Waals surface area contributed by atoms with Crippen LogP contribution in [0.5, 0.6) is 5.75 Å². The molecule has 5 nitrogen and oxygen atoms in total. The number of hydrogen-bond acceptors (Lipinski definition) is 3. The molecule has 0 radical (unpaired) electrons. The van der Waals surface area contributed by atoms with E-state index in [1.54, 1.807) is 0 Å². The van der Waals surface area contributed by atoms with Crippen molar-refractivity contribution in [1.29, 1.82) is 0 Å². The highest BCUT2D eigenvalue weighted by atomic mass is 16.5. The fourth-order valence-electron chi connectivity index (χ4n) is 2.52. The Morgan fingerprint density at radius 3 is 2.11 bits per heavy atom. The van der Waals surface area contributed by atoms with Gasteiger partial charge in [-0.2, -0.15) is 0 Å². The Kier molecular flexibility index (Phi) is 7.62. The first-order valence-corrected chi connectivity index (χ1v) is 9.08. The van der Waals surface area contributed by atoms with Crippen molar-refractivity contribution in [1.82, 2.24) is 5.32 Å². The van der Waals surface area contributed by atoms with Crippen LogP contribution in [0.4, 0.5) is 0 Å². The summed E-state index contributed by atoms with van der Waals surface area (Å²) in [6.07, 6.45) is 4.64. The quantitative estimate of drug-likeness (QED) is 0.595. The number of ether oxygens (including phenoxy) is 1. The molecule has 0 saturated heterocycles. The second kappa shape index (κ2) is 10.2. The van der Waals surface area contributed by atoms with Gasteiger partial charge in [0, 0.05) is 11.3 Å². The number of carboxylic acid groups (broad SMARTS) is 1. The highest BCUT2D eigenvalue weighted by Gasteiger charge is 2.10. The van der Waals surface area contributed by atoms with Crippen molar-refractivity contribution in [2.24, 2.45) is 0 Å². The largest absolute Gasteiger partial charge is 0.494 e. The zero-order chi connectivity index (χ0) is 19.6. The van der Waals surface area contributed by atoms with E-state index in [0.29, 0.717) is 17.9 Å². The van der Waals surface area contributed by atoms with Gasteiger partial charge in [0.15, 0.2) is 0 Å². The van der Waals surface area contributed by atoms with E-state index in [4.69, 9.17) is 9.84 Å². The van der Waals surface area contributed by atoms with E-state index in [9.17, 15) is 9.59 Å². The first-order chi connectivity index (χ1) is 13.0. The number of hydrogen-bond donors (Lipinski definition) is 2. The summed E-state index contributed by atoms with van der Waals surface area (Å²) in [4.78, 5) is 23.1. The zero-order valence-electron chi connectivity index (χ0n) is 15.5. The fourth-order valence-corrected chi connectivity index (χ4v) is 2.52. The topological polar surface area (TPSA) is 75.6 Å². The summed E-state index contributed by atoms with van der Waals surface area (Å²) in [6, 6.07) is 13.1. The molecule has 1 amide bonds. The first kappa shape index (κ1) is 20.2.